The highest BCUT2D eigenvalue weighted by molar-refractivity contribution is 5.99. The maximum atomic E-state index is 13.2. The Labute approximate surface area is 266 Å². The van der Waals surface area contributed by atoms with Gasteiger partial charge >= 0.3 is 12.1 Å². The van der Waals surface area contributed by atoms with Crippen LogP contribution in [0.25, 0.3) is 0 Å². The molecule has 0 bridgehead atoms. The van der Waals surface area contributed by atoms with Crippen LogP contribution in [0.15, 0.2) is 84.9 Å². The zero-order valence-corrected chi connectivity index (χ0v) is 26.7. The second-order valence-corrected chi connectivity index (χ2v) is 12.7. The average molecular weight is 613 g/mol. The Kier molecular flexibility index (Phi) is 11.5. The number of carbonyl (C=O) groups excluding carboxylic acids is 4. The van der Waals surface area contributed by atoms with Gasteiger partial charge in [0.1, 0.15) is 11.4 Å². The zero-order chi connectivity index (χ0) is 32.4. The van der Waals surface area contributed by atoms with Gasteiger partial charge in [-0.3, -0.25) is 14.4 Å². The van der Waals surface area contributed by atoms with Crippen LogP contribution in [0.1, 0.15) is 80.8 Å². The molecule has 1 saturated heterocycles. The van der Waals surface area contributed by atoms with Gasteiger partial charge < -0.3 is 19.7 Å². The fourth-order valence-corrected chi connectivity index (χ4v) is 5.60. The largest absolute Gasteiger partial charge is 0.444 e. The normalized spacial score (nSPS) is 15.1. The molecule has 1 aliphatic rings. The molecule has 1 aliphatic heterocycles. The fourth-order valence-electron chi connectivity index (χ4n) is 5.60. The van der Waals surface area contributed by atoms with E-state index in [1.807, 2.05) is 82.3 Å². The molecule has 0 aliphatic carbocycles. The molecule has 2 atom stereocenters. The Hall–Kier alpha value is -4.46. The zero-order valence-electron chi connectivity index (χ0n) is 26.7. The summed E-state index contributed by atoms with van der Waals surface area (Å²) in [6.45, 7) is 8.51. The second-order valence-electron chi connectivity index (χ2n) is 12.7. The van der Waals surface area contributed by atoms with Crippen LogP contribution in [-0.2, 0) is 14.3 Å². The van der Waals surface area contributed by atoms with Crippen LogP contribution < -0.4 is 10.1 Å². The van der Waals surface area contributed by atoms with Crippen molar-refractivity contribution in [2.24, 2.45) is 11.8 Å². The van der Waals surface area contributed by atoms with Crippen molar-refractivity contribution in [1.82, 2.24) is 10.2 Å². The third-order valence-corrected chi connectivity index (χ3v) is 8.05. The summed E-state index contributed by atoms with van der Waals surface area (Å²) in [5, 5.41) is 2.77. The van der Waals surface area contributed by atoms with Gasteiger partial charge in [0.2, 0.25) is 5.91 Å². The third-order valence-electron chi connectivity index (χ3n) is 8.05. The SMILES string of the molecule is CC(C(=O)Oc1ccccc1)C(c1ccccc1)c1cccc(C(=O)CNC(=O)CCC2CCN(C(=O)OC(C)(C)C)CC2)c1. The number of nitrogens with one attached hydrogen (secondary N) is 1. The molecule has 1 heterocycles. The number of rotatable bonds is 11. The first kappa shape index (κ1) is 33.4. The van der Waals surface area contributed by atoms with Crippen molar-refractivity contribution in [3.05, 3.63) is 102 Å². The topological polar surface area (TPSA) is 102 Å². The van der Waals surface area contributed by atoms with E-state index >= 15 is 0 Å². The number of likely N-dealkylation sites (tertiary alicyclic amines) is 1. The van der Waals surface area contributed by atoms with Crippen LogP contribution in [0, 0.1) is 11.8 Å². The van der Waals surface area contributed by atoms with Crippen molar-refractivity contribution in [3.63, 3.8) is 0 Å². The summed E-state index contributed by atoms with van der Waals surface area (Å²) in [6.07, 6.45) is 2.36. The van der Waals surface area contributed by atoms with Crippen LogP contribution >= 0.6 is 0 Å². The summed E-state index contributed by atoms with van der Waals surface area (Å²) >= 11 is 0. The van der Waals surface area contributed by atoms with Gasteiger partial charge in [-0.1, -0.05) is 73.7 Å². The Morgan fingerprint density at radius 3 is 2.13 bits per heavy atom. The maximum absolute atomic E-state index is 13.2. The number of carbonyl (C=O) groups is 4. The lowest BCUT2D eigenvalue weighted by atomic mass is 9.81. The number of para-hydroxylation sites is 1. The number of esters is 1. The van der Waals surface area contributed by atoms with Crippen molar-refractivity contribution in [1.29, 1.82) is 0 Å². The number of amides is 2. The molecule has 2 unspecified atom stereocenters. The molecule has 8 heteroatoms. The molecule has 3 aromatic carbocycles. The number of benzene rings is 3. The lowest BCUT2D eigenvalue weighted by Crippen LogP contribution is -2.41. The third kappa shape index (κ3) is 10.0. The lowest BCUT2D eigenvalue weighted by molar-refractivity contribution is -0.138. The molecular weight excluding hydrogens is 568 g/mol. The number of piperidine rings is 1. The van der Waals surface area contributed by atoms with Crippen LogP contribution in [0.4, 0.5) is 4.79 Å². The molecule has 0 aromatic heterocycles. The molecule has 238 valence electrons. The van der Waals surface area contributed by atoms with Gasteiger partial charge in [0.15, 0.2) is 5.78 Å². The van der Waals surface area contributed by atoms with Gasteiger partial charge in [-0.05, 0) is 75.3 Å². The Balaban J connectivity index is 1.32. The van der Waals surface area contributed by atoms with Crippen LogP contribution in [-0.4, -0.2) is 53.9 Å². The minimum Gasteiger partial charge on any atom is -0.444 e. The highest BCUT2D eigenvalue weighted by Gasteiger charge is 2.30. The highest BCUT2D eigenvalue weighted by Crippen LogP contribution is 2.34. The van der Waals surface area contributed by atoms with E-state index in [-0.39, 0.29) is 36.2 Å². The molecule has 1 N–H and O–H groups in total. The summed E-state index contributed by atoms with van der Waals surface area (Å²) in [7, 11) is 0. The second kappa shape index (κ2) is 15.5. The average Bonchev–Trinajstić information content (AvgIpc) is 3.03. The van der Waals surface area contributed by atoms with Crippen LogP contribution in [0.5, 0.6) is 5.75 Å². The summed E-state index contributed by atoms with van der Waals surface area (Å²) in [4.78, 5) is 53.0. The van der Waals surface area contributed by atoms with Gasteiger partial charge in [-0.15, -0.1) is 0 Å². The fraction of sp³-hybridized carbons (Fsp3) is 0.405. The van der Waals surface area contributed by atoms with E-state index in [1.165, 1.54) is 0 Å². The van der Waals surface area contributed by atoms with Crippen molar-refractivity contribution in [3.8, 4) is 5.75 Å². The Morgan fingerprint density at radius 1 is 0.867 bits per heavy atom. The van der Waals surface area contributed by atoms with E-state index < -0.39 is 11.5 Å². The van der Waals surface area contributed by atoms with E-state index in [1.54, 1.807) is 35.2 Å². The summed E-state index contributed by atoms with van der Waals surface area (Å²) in [5.41, 5.74) is 1.69. The van der Waals surface area contributed by atoms with Gasteiger partial charge in [0, 0.05) is 31.0 Å². The number of ether oxygens (including phenoxy) is 2. The van der Waals surface area contributed by atoms with Crippen LogP contribution in [0.3, 0.4) is 0 Å². The Bertz CT molecular complexity index is 1440. The molecule has 3 aromatic rings. The molecular formula is C37H44N2O6. The van der Waals surface area contributed by atoms with Crippen molar-refractivity contribution >= 4 is 23.8 Å². The minimum absolute atomic E-state index is 0.110. The smallest absolute Gasteiger partial charge is 0.410 e. The quantitative estimate of drug-likeness (QED) is 0.145. The lowest BCUT2D eigenvalue weighted by Gasteiger charge is -2.33. The van der Waals surface area contributed by atoms with Gasteiger partial charge in [0.05, 0.1) is 12.5 Å². The molecule has 0 saturated carbocycles. The standard InChI is InChI=1S/C37H44N2O6/c1-26(35(42)44-31-16-9-6-10-17-31)34(28-12-7-5-8-13-28)30-15-11-14-29(24-30)32(40)25-38-33(41)19-18-27-20-22-39(23-21-27)36(43)45-37(2,3)4/h5-17,24,26-27,34H,18-23,25H2,1-4H3,(H,38,41). The first-order chi connectivity index (χ1) is 21.5. The molecule has 8 nitrogen and oxygen atoms in total. The molecule has 4 rings (SSSR count). The summed E-state index contributed by atoms with van der Waals surface area (Å²) in [5.74, 6) is -0.801. The minimum atomic E-state index is -0.534. The van der Waals surface area contributed by atoms with Gasteiger partial charge in [-0.25, -0.2) is 4.79 Å². The number of ketones is 1. The first-order valence-electron chi connectivity index (χ1n) is 15.7. The van der Waals surface area contributed by atoms with E-state index in [0.29, 0.717) is 43.2 Å². The van der Waals surface area contributed by atoms with Gasteiger partial charge in [-0.2, -0.15) is 0 Å². The summed E-state index contributed by atoms with van der Waals surface area (Å²) < 4.78 is 11.1. The number of hydrogen-bond acceptors (Lipinski definition) is 6. The monoisotopic (exact) mass is 612 g/mol. The van der Waals surface area contributed by atoms with Gasteiger partial charge in [0.25, 0.3) is 0 Å². The predicted octanol–water partition coefficient (Wildman–Crippen LogP) is 6.79. The molecule has 1 fully saturated rings. The molecule has 0 radical (unpaired) electrons. The van der Waals surface area contributed by atoms with Crippen molar-refractivity contribution < 1.29 is 28.7 Å². The maximum Gasteiger partial charge on any atom is 0.410 e. The van der Waals surface area contributed by atoms with Crippen molar-refractivity contribution in [2.45, 2.75) is 64.9 Å². The number of Topliss-reactive ketones (excluding diaryl/α,β-unsaturated/α-hetero) is 1. The number of hydrogen-bond donors (Lipinski definition) is 1. The summed E-state index contributed by atoms with van der Waals surface area (Å²) in [6, 6.07) is 25.9. The molecule has 0 spiro atoms. The predicted molar refractivity (Wildman–Crippen MR) is 173 cm³/mol. The Morgan fingerprint density at radius 2 is 1.49 bits per heavy atom. The van der Waals surface area contributed by atoms with E-state index in [4.69, 9.17) is 9.47 Å². The molecule has 45 heavy (non-hydrogen) atoms. The van der Waals surface area contributed by atoms with E-state index in [9.17, 15) is 19.2 Å². The first-order valence-corrected chi connectivity index (χ1v) is 15.7. The van der Waals surface area contributed by atoms with Crippen LogP contribution in [0.2, 0.25) is 0 Å². The highest BCUT2D eigenvalue weighted by atomic mass is 16.6. The van der Waals surface area contributed by atoms with E-state index in [0.717, 1.165) is 24.0 Å². The van der Waals surface area contributed by atoms with E-state index in [2.05, 4.69) is 5.32 Å². The number of nitrogens with zero attached hydrogens (tertiary/aromatic N) is 1. The molecule has 2 amide bonds. The van der Waals surface area contributed by atoms with Crippen molar-refractivity contribution in [2.75, 3.05) is 19.6 Å².